The molecule has 1 N–H and O–H groups in total. The van der Waals surface area contributed by atoms with Crippen molar-refractivity contribution in [2.45, 2.75) is 135 Å². The number of imidazole rings is 1. The van der Waals surface area contributed by atoms with E-state index in [1.54, 1.807) is 0 Å². The average Bonchev–Trinajstić information content (AvgIpc) is 3.41. The van der Waals surface area contributed by atoms with E-state index < -0.39 is 0 Å². The Morgan fingerprint density at radius 3 is 1.82 bits per heavy atom. The van der Waals surface area contributed by atoms with Gasteiger partial charge in [-0.15, -0.1) is 0 Å². The van der Waals surface area contributed by atoms with Crippen molar-refractivity contribution in [2.24, 2.45) is 0 Å². The summed E-state index contributed by atoms with van der Waals surface area (Å²) in [6.45, 7) is 8.24. The van der Waals surface area contributed by atoms with Gasteiger partial charge in [0.25, 0.3) is 5.82 Å². The van der Waals surface area contributed by atoms with E-state index in [-0.39, 0.29) is 5.41 Å². The predicted molar refractivity (Wildman–Crippen MR) is 164 cm³/mol. The third-order valence-electron chi connectivity index (χ3n) is 8.57. The Labute approximate surface area is 234 Å². The Morgan fingerprint density at radius 1 is 0.684 bits per heavy atom. The van der Waals surface area contributed by atoms with Crippen molar-refractivity contribution in [3.8, 4) is 0 Å². The molecule has 2 heteroatoms. The van der Waals surface area contributed by atoms with Gasteiger partial charge in [0.05, 0.1) is 12.5 Å². The second kappa shape index (κ2) is 17.3. The van der Waals surface area contributed by atoms with Crippen molar-refractivity contribution in [2.75, 3.05) is 0 Å². The minimum Gasteiger partial charge on any atom is -0.247 e. The summed E-state index contributed by atoms with van der Waals surface area (Å²) in [5.74, 6) is 1.83. The topological polar surface area (TPSA) is 19.7 Å². The van der Waals surface area contributed by atoms with Crippen LogP contribution >= 0.6 is 0 Å². The zero-order chi connectivity index (χ0) is 26.9. The fourth-order valence-electron chi connectivity index (χ4n) is 6.31. The Kier molecular flexibility index (Phi) is 13.7. The zero-order valence-electron chi connectivity index (χ0n) is 24.8. The number of aromatic amines is 1. The SMILES string of the molecule is CCCCCCCCCCCCCC[n+]1cc[nH]c1C(CCC)C(C)(Cc1ccccc1)c1ccccc1. The molecule has 38 heavy (non-hydrogen) atoms. The molecule has 0 aliphatic heterocycles. The van der Waals surface area contributed by atoms with Crippen LogP contribution in [0.15, 0.2) is 73.1 Å². The Hall–Kier alpha value is -2.35. The third-order valence-corrected chi connectivity index (χ3v) is 8.57. The van der Waals surface area contributed by atoms with E-state index in [0.717, 1.165) is 13.0 Å². The molecule has 2 atom stereocenters. The van der Waals surface area contributed by atoms with Crippen LogP contribution in [-0.2, 0) is 18.4 Å². The van der Waals surface area contributed by atoms with Gasteiger partial charge in [-0.1, -0.05) is 152 Å². The maximum atomic E-state index is 3.71. The first kappa shape index (κ1) is 30.2. The summed E-state index contributed by atoms with van der Waals surface area (Å²) in [6, 6.07) is 22.3. The van der Waals surface area contributed by atoms with Crippen molar-refractivity contribution in [1.82, 2.24) is 4.98 Å². The van der Waals surface area contributed by atoms with Crippen molar-refractivity contribution in [3.05, 3.63) is 90.0 Å². The minimum atomic E-state index is 0.0156. The monoisotopic (exact) mass is 515 g/mol. The first-order chi connectivity index (χ1) is 18.7. The Bertz CT molecular complexity index is 977. The van der Waals surface area contributed by atoms with Gasteiger partial charge in [0, 0.05) is 5.41 Å². The number of rotatable bonds is 20. The highest BCUT2D eigenvalue weighted by atomic mass is 15.1. The molecule has 208 valence electrons. The normalized spacial score (nSPS) is 13.9. The minimum absolute atomic E-state index is 0.0156. The maximum absolute atomic E-state index is 3.71. The summed E-state index contributed by atoms with van der Waals surface area (Å²) in [5, 5.41) is 0. The number of unbranched alkanes of at least 4 members (excludes halogenated alkanes) is 11. The molecule has 1 heterocycles. The van der Waals surface area contributed by atoms with Gasteiger partial charge >= 0.3 is 0 Å². The highest BCUT2D eigenvalue weighted by molar-refractivity contribution is 5.32. The molecule has 1 aromatic heterocycles. The molecule has 0 aliphatic carbocycles. The fraction of sp³-hybridized carbons (Fsp3) is 0.583. The molecular weight excluding hydrogens is 460 g/mol. The molecule has 3 aromatic rings. The summed E-state index contributed by atoms with van der Waals surface area (Å²) in [5.41, 5.74) is 2.87. The van der Waals surface area contributed by atoms with Crippen molar-refractivity contribution < 1.29 is 4.57 Å². The van der Waals surface area contributed by atoms with Crippen molar-refractivity contribution >= 4 is 0 Å². The van der Waals surface area contributed by atoms with Crippen molar-refractivity contribution in [3.63, 3.8) is 0 Å². The van der Waals surface area contributed by atoms with Gasteiger partial charge in [-0.25, -0.2) is 9.55 Å². The predicted octanol–water partition coefficient (Wildman–Crippen LogP) is 10.1. The van der Waals surface area contributed by atoms with Crippen LogP contribution in [0.3, 0.4) is 0 Å². The number of nitrogens with zero attached hydrogens (tertiary/aromatic N) is 1. The third kappa shape index (κ3) is 9.44. The van der Waals surface area contributed by atoms with Gasteiger partial charge in [-0.3, -0.25) is 0 Å². The van der Waals surface area contributed by atoms with Gasteiger partial charge in [0.15, 0.2) is 0 Å². The quantitative estimate of drug-likeness (QED) is 0.114. The Balaban J connectivity index is 1.58. The standard InChI is InChI=1S/C36H54N2/c1-4-6-7-8-9-10-11-12-13-14-15-22-29-38-30-28-37-35(38)34(23-5-2)36(3,33-26-20-17-21-27-33)31-32-24-18-16-19-25-32/h16-21,24-28,30,34H,4-15,22-23,29,31H2,1-3H3/p+1. The van der Waals surface area contributed by atoms with Crippen LogP contribution in [0, 0.1) is 0 Å². The summed E-state index contributed by atoms with van der Waals surface area (Å²) < 4.78 is 2.53. The lowest BCUT2D eigenvalue weighted by atomic mass is 9.66. The van der Waals surface area contributed by atoms with Crippen molar-refractivity contribution in [1.29, 1.82) is 0 Å². The number of H-pyrrole nitrogens is 1. The van der Waals surface area contributed by atoms with E-state index >= 15 is 0 Å². The lowest BCUT2D eigenvalue weighted by Crippen LogP contribution is -2.43. The van der Waals surface area contributed by atoms with E-state index in [1.165, 1.54) is 107 Å². The average molecular weight is 516 g/mol. The van der Waals surface area contributed by atoms with Gasteiger partial charge in [-0.2, -0.15) is 0 Å². The van der Waals surface area contributed by atoms with Crippen LogP contribution < -0.4 is 4.57 Å². The van der Waals surface area contributed by atoms with Crippen LogP contribution in [0.5, 0.6) is 0 Å². The molecule has 0 spiro atoms. The molecule has 0 aliphatic rings. The lowest BCUT2D eigenvalue weighted by molar-refractivity contribution is -0.705. The highest BCUT2D eigenvalue weighted by Gasteiger charge is 2.41. The highest BCUT2D eigenvalue weighted by Crippen LogP contribution is 2.43. The number of hydrogen-bond acceptors (Lipinski definition) is 0. The summed E-state index contributed by atoms with van der Waals surface area (Å²) in [7, 11) is 0. The van der Waals surface area contributed by atoms with E-state index in [4.69, 9.17) is 0 Å². The van der Waals surface area contributed by atoms with Crippen LogP contribution in [0.25, 0.3) is 0 Å². The van der Waals surface area contributed by atoms with Gasteiger partial charge in [0.1, 0.15) is 12.4 Å². The van der Waals surface area contributed by atoms with Gasteiger partial charge < -0.3 is 0 Å². The molecule has 2 unspecified atom stereocenters. The molecule has 0 saturated heterocycles. The molecular formula is C36H55N2+. The van der Waals surface area contributed by atoms with E-state index in [0.29, 0.717) is 5.92 Å². The fourth-order valence-corrected chi connectivity index (χ4v) is 6.31. The van der Waals surface area contributed by atoms with E-state index in [1.807, 2.05) is 0 Å². The van der Waals surface area contributed by atoms with Gasteiger partial charge in [-0.05, 0) is 36.8 Å². The molecule has 2 aromatic carbocycles. The second-order valence-corrected chi connectivity index (χ2v) is 11.7. The molecule has 3 rings (SSSR count). The smallest absolute Gasteiger partial charge is 0.247 e. The summed E-state index contributed by atoms with van der Waals surface area (Å²) in [4.78, 5) is 3.71. The molecule has 0 fully saturated rings. The van der Waals surface area contributed by atoms with E-state index in [9.17, 15) is 0 Å². The number of aromatic nitrogens is 2. The van der Waals surface area contributed by atoms with Crippen LogP contribution in [0.1, 0.15) is 134 Å². The molecule has 2 nitrogen and oxygen atoms in total. The number of nitrogens with one attached hydrogen (secondary N) is 1. The van der Waals surface area contributed by atoms with Crippen LogP contribution in [0.4, 0.5) is 0 Å². The number of aryl methyl sites for hydroxylation is 1. The van der Waals surface area contributed by atoms with Crippen LogP contribution in [0.2, 0.25) is 0 Å². The summed E-state index contributed by atoms with van der Waals surface area (Å²) in [6.07, 6.45) is 24.6. The maximum Gasteiger partial charge on any atom is 0.258 e. The lowest BCUT2D eigenvalue weighted by Gasteiger charge is -2.37. The number of hydrogen-bond donors (Lipinski definition) is 1. The summed E-state index contributed by atoms with van der Waals surface area (Å²) >= 11 is 0. The molecule has 0 amide bonds. The Morgan fingerprint density at radius 2 is 1.24 bits per heavy atom. The van der Waals surface area contributed by atoms with Crippen LogP contribution in [-0.4, -0.2) is 4.98 Å². The first-order valence-corrected chi connectivity index (χ1v) is 15.8. The van der Waals surface area contributed by atoms with E-state index in [2.05, 4.69) is 103 Å². The molecule has 0 radical (unpaired) electrons. The van der Waals surface area contributed by atoms with Gasteiger partial charge in [0.2, 0.25) is 0 Å². The second-order valence-electron chi connectivity index (χ2n) is 11.7. The molecule has 0 bridgehead atoms. The number of benzene rings is 2. The largest absolute Gasteiger partial charge is 0.258 e. The molecule has 0 saturated carbocycles. The first-order valence-electron chi connectivity index (χ1n) is 15.8. The zero-order valence-corrected chi connectivity index (χ0v) is 24.8.